The lowest BCUT2D eigenvalue weighted by molar-refractivity contribution is 0.156. The predicted molar refractivity (Wildman–Crippen MR) is 42.0 cm³/mol. The van der Waals surface area contributed by atoms with Gasteiger partial charge in [-0.3, -0.25) is 0 Å². The van der Waals surface area contributed by atoms with Crippen molar-refractivity contribution in [2.75, 3.05) is 32.7 Å². The molecule has 10 heavy (non-hydrogen) atoms. The van der Waals surface area contributed by atoms with Gasteiger partial charge in [0, 0.05) is 6.54 Å². The molecule has 2 aliphatic rings. The second kappa shape index (κ2) is 2.89. The van der Waals surface area contributed by atoms with Crippen molar-refractivity contribution in [3.05, 3.63) is 0 Å². The number of likely N-dealkylation sites (tertiary alicyclic amines) is 1. The first-order valence-corrected chi connectivity index (χ1v) is 4.38. The zero-order chi connectivity index (χ0) is 6.81. The Bertz CT molecular complexity index is 104. The topological polar surface area (TPSA) is 15.3 Å². The summed E-state index contributed by atoms with van der Waals surface area (Å²) in [6.07, 6.45) is 2.83. The van der Waals surface area contributed by atoms with Crippen LogP contribution in [0.5, 0.6) is 0 Å². The van der Waals surface area contributed by atoms with Crippen LogP contribution in [-0.2, 0) is 0 Å². The van der Waals surface area contributed by atoms with Gasteiger partial charge in [0.15, 0.2) is 0 Å². The van der Waals surface area contributed by atoms with Gasteiger partial charge in [-0.2, -0.15) is 0 Å². The van der Waals surface area contributed by atoms with Crippen molar-refractivity contribution in [2.24, 2.45) is 5.92 Å². The first kappa shape index (κ1) is 6.62. The fraction of sp³-hybridized carbons (Fsp3) is 1.00. The zero-order valence-electron chi connectivity index (χ0n) is 6.47. The fourth-order valence-electron chi connectivity index (χ4n) is 1.80. The summed E-state index contributed by atoms with van der Waals surface area (Å²) >= 11 is 0. The molecule has 0 aromatic carbocycles. The minimum absolute atomic E-state index is 0.959. The van der Waals surface area contributed by atoms with E-state index < -0.39 is 0 Å². The quantitative estimate of drug-likeness (QED) is 0.593. The summed E-state index contributed by atoms with van der Waals surface area (Å²) in [5.41, 5.74) is 0. The van der Waals surface area contributed by atoms with Crippen LogP contribution in [0.25, 0.3) is 0 Å². The Balaban J connectivity index is 1.68. The molecule has 0 radical (unpaired) electrons. The smallest absolute Gasteiger partial charge is 0.00223 e. The van der Waals surface area contributed by atoms with Crippen molar-refractivity contribution < 1.29 is 0 Å². The van der Waals surface area contributed by atoms with Crippen LogP contribution in [0.4, 0.5) is 0 Å². The van der Waals surface area contributed by atoms with E-state index in [9.17, 15) is 0 Å². The molecular formula is C8H16N2. The van der Waals surface area contributed by atoms with Gasteiger partial charge in [0.25, 0.3) is 0 Å². The molecule has 0 spiro atoms. The number of hydrogen-bond donors (Lipinski definition) is 1. The Labute approximate surface area is 62.6 Å². The maximum Gasteiger partial charge on any atom is 0.00223 e. The summed E-state index contributed by atoms with van der Waals surface area (Å²) in [6.45, 7) is 6.58. The third kappa shape index (κ3) is 1.32. The van der Waals surface area contributed by atoms with Gasteiger partial charge in [0.2, 0.25) is 0 Å². The van der Waals surface area contributed by atoms with Gasteiger partial charge in [-0.05, 0) is 44.9 Å². The molecular weight excluding hydrogens is 124 g/mol. The maximum absolute atomic E-state index is 3.40. The molecule has 0 saturated carbocycles. The second-order valence-electron chi connectivity index (χ2n) is 3.51. The normalized spacial score (nSPS) is 34.2. The van der Waals surface area contributed by atoms with Crippen LogP contribution in [0, 0.1) is 5.92 Å². The van der Waals surface area contributed by atoms with Crippen molar-refractivity contribution in [3.63, 3.8) is 0 Å². The molecule has 2 heterocycles. The van der Waals surface area contributed by atoms with Crippen LogP contribution in [0.1, 0.15) is 12.8 Å². The summed E-state index contributed by atoms with van der Waals surface area (Å²) in [6, 6.07) is 0. The molecule has 1 N–H and O–H groups in total. The Morgan fingerprint density at radius 3 is 2.80 bits per heavy atom. The lowest BCUT2D eigenvalue weighted by Crippen LogP contribution is -2.40. The van der Waals surface area contributed by atoms with Crippen LogP contribution in [0.2, 0.25) is 0 Å². The monoisotopic (exact) mass is 140 g/mol. The van der Waals surface area contributed by atoms with E-state index in [2.05, 4.69) is 10.2 Å². The average molecular weight is 140 g/mol. The molecule has 1 atom stereocenters. The van der Waals surface area contributed by atoms with E-state index in [4.69, 9.17) is 0 Å². The van der Waals surface area contributed by atoms with Crippen LogP contribution in [0.15, 0.2) is 0 Å². The standard InChI is InChI=1S/C8H16N2/c1-4-10(5-1)7-8-2-3-9-6-8/h8-9H,1-7H2. The van der Waals surface area contributed by atoms with E-state index in [1.165, 1.54) is 45.6 Å². The van der Waals surface area contributed by atoms with Crippen molar-refractivity contribution in [3.8, 4) is 0 Å². The van der Waals surface area contributed by atoms with Gasteiger partial charge >= 0.3 is 0 Å². The number of nitrogens with zero attached hydrogens (tertiary/aromatic N) is 1. The lowest BCUT2D eigenvalue weighted by atomic mass is 10.1. The van der Waals surface area contributed by atoms with Gasteiger partial charge in [0.1, 0.15) is 0 Å². The number of rotatable bonds is 2. The van der Waals surface area contributed by atoms with E-state index in [-0.39, 0.29) is 0 Å². The summed E-state index contributed by atoms with van der Waals surface area (Å²) in [7, 11) is 0. The Kier molecular flexibility index (Phi) is 1.91. The zero-order valence-corrected chi connectivity index (χ0v) is 6.47. The van der Waals surface area contributed by atoms with Crippen LogP contribution in [-0.4, -0.2) is 37.6 Å². The fourth-order valence-corrected chi connectivity index (χ4v) is 1.80. The molecule has 2 heteroatoms. The molecule has 2 rings (SSSR count). The van der Waals surface area contributed by atoms with E-state index in [1.54, 1.807) is 0 Å². The van der Waals surface area contributed by atoms with Crippen LogP contribution in [0.3, 0.4) is 0 Å². The van der Waals surface area contributed by atoms with Gasteiger partial charge < -0.3 is 10.2 Å². The van der Waals surface area contributed by atoms with Gasteiger partial charge in [-0.1, -0.05) is 0 Å². The lowest BCUT2D eigenvalue weighted by Gasteiger charge is -2.32. The molecule has 2 aliphatic heterocycles. The average Bonchev–Trinajstić information content (AvgIpc) is 2.29. The SMILES string of the molecule is C1CN(CC2CCNC2)C1. The van der Waals surface area contributed by atoms with E-state index in [0.717, 1.165) is 5.92 Å². The minimum Gasteiger partial charge on any atom is -0.316 e. The summed E-state index contributed by atoms with van der Waals surface area (Å²) < 4.78 is 0. The van der Waals surface area contributed by atoms with Crippen LogP contribution < -0.4 is 5.32 Å². The molecule has 1 unspecified atom stereocenters. The summed E-state index contributed by atoms with van der Waals surface area (Å²) in [5, 5.41) is 3.40. The molecule has 0 aromatic heterocycles. The van der Waals surface area contributed by atoms with Gasteiger partial charge in [-0.25, -0.2) is 0 Å². The molecule has 2 fully saturated rings. The molecule has 0 aliphatic carbocycles. The van der Waals surface area contributed by atoms with Crippen LogP contribution >= 0.6 is 0 Å². The molecule has 2 saturated heterocycles. The molecule has 0 amide bonds. The first-order chi connectivity index (χ1) is 4.95. The minimum atomic E-state index is 0.959. The van der Waals surface area contributed by atoms with Crippen molar-refractivity contribution in [1.29, 1.82) is 0 Å². The summed E-state index contributed by atoms with van der Waals surface area (Å²) in [4.78, 5) is 2.57. The number of hydrogen-bond acceptors (Lipinski definition) is 2. The van der Waals surface area contributed by atoms with Crippen molar-refractivity contribution in [1.82, 2.24) is 10.2 Å². The number of nitrogens with one attached hydrogen (secondary N) is 1. The Hall–Kier alpha value is -0.0800. The maximum atomic E-state index is 3.40. The largest absolute Gasteiger partial charge is 0.316 e. The molecule has 0 aromatic rings. The highest BCUT2D eigenvalue weighted by Gasteiger charge is 2.21. The molecule has 2 nitrogen and oxygen atoms in total. The van der Waals surface area contributed by atoms with Crippen molar-refractivity contribution >= 4 is 0 Å². The first-order valence-electron chi connectivity index (χ1n) is 4.38. The highest BCUT2D eigenvalue weighted by Crippen LogP contribution is 2.13. The molecule has 58 valence electrons. The van der Waals surface area contributed by atoms with Gasteiger partial charge in [0.05, 0.1) is 0 Å². The summed E-state index contributed by atoms with van der Waals surface area (Å²) in [5.74, 6) is 0.959. The second-order valence-corrected chi connectivity index (χ2v) is 3.51. The Morgan fingerprint density at radius 2 is 2.30 bits per heavy atom. The van der Waals surface area contributed by atoms with E-state index >= 15 is 0 Å². The highest BCUT2D eigenvalue weighted by molar-refractivity contribution is 4.78. The van der Waals surface area contributed by atoms with E-state index in [1.807, 2.05) is 0 Å². The predicted octanol–water partition coefficient (Wildman–Crippen LogP) is 0.302. The van der Waals surface area contributed by atoms with Gasteiger partial charge in [-0.15, -0.1) is 0 Å². The third-order valence-electron chi connectivity index (χ3n) is 2.63. The highest BCUT2D eigenvalue weighted by atomic mass is 15.2. The van der Waals surface area contributed by atoms with Crippen molar-refractivity contribution in [2.45, 2.75) is 12.8 Å². The third-order valence-corrected chi connectivity index (χ3v) is 2.63. The molecule has 0 bridgehead atoms. The van der Waals surface area contributed by atoms with E-state index in [0.29, 0.717) is 0 Å². The Morgan fingerprint density at radius 1 is 1.40 bits per heavy atom.